The largest absolute Gasteiger partial charge is 0.467 e. The summed E-state index contributed by atoms with van der Waals surface area (Å²) in [7, 11) is 3.53. The molecule has 22 atom stereocenters. The van der Waals surface area contributed by atoms with Crippen molar-refractivity contribution in [1.82, 2.24) is 31.9 Å². The summed E-state index contributed by atoms with van der Waals surface area (Å²) in [5, 5.41) is 72.6. The molecule has 28 nitrogen and oxygen atoms in total. The summed E-state index contributed by atoms with van der Waals surface area (Å²) in [5.74, 6) is -8.75. The lowest BCUT2D eigenvalue weighted by Gasteiger charge is -2.70. The van der Waals surface area contributed by atoms with Gasteiger partial charge < -0.3 is 90.6 Å². The molecule has 0 aromatic carbocycles. The van der Waals surface area contributed by atoms with Gasteiger partial charge in [-0.2, -0.15) is 0 Å². The molecule has 4 saturated carbocycles. The third-order valence-corrected chi connectivity index (χ3v) is 22.9. The van der Waals surface area contributed by atoms with Crippen LogP contribution in [-0.4, -0.2) is 211 Å². The Kier molecular flexibility index (Phi) is 23.5. The van der Waals surface area contributed by atoms with Crippen molar-refractivity contribution < 1.29 is 107 Å². The smallest absolute Gasteiger partial charge is 0.328 e. The number of carbonyl (C=O) groups is 10. The molecular formula is C66H104N6O22. The first-order chi connectivity index (χ1) is 43.7. The summed E-state index contributed by atoms with van der Waals surface area (Å²) in [6, 6.07) is -3.05. The molecule has 2 heterocycles. The molecule has 7 aliphatic rings. The predicted molar refractivity (Wildman–Crippen MR) is 332 cm³/mol. The van der Waals surface area contributed by atoms with Crippen molar-refractivity contribution >= 4 is 59.1 Å². The molecule has 2 aliphatic heterocycles. The van der Waals surface area contributed by atoms with Gasteiger partial charge in [-0.25, -0.2) is 14.4 Å². The first-order valence-corrected chi connectivity index (χ1v) is 33.0. The molecule has 11 N–H and O–H groups in total. The first kappa shape index (κ1) is 75.7. The topological polar surface area (TPSA) is 409 Å². The summed E-state index contributed by atoms with van der Waals surface area (Å²) < 4.78 is 39.6. The Bertz CT molecular complexity index is 2910. The second kappa shape index (κ2) is 29.2. The van der Waals surface area contributed by atoms with E-state index in [4.69, 9.17) is 33.2 Å². The van der Waals surface area contributed by atoms with Crippen LogP contribution in [0.2, 0.25) is 0 Å². The van der Waals surface area contributed by atoms with Gasteiger partial charge in [0.25, 0.3) is 11.8 Å². The molecule has 94 heavy (non-hydrogen) atoms. The molecule has 0 spiro atoms. The monoisotopic (exact) mass is 1330 g/mol. The van der Waals surface area contributed by atoms with Gasteiger partial charge in [0.05, 0.1) is 47.1 Å². The van der Waals surface area contributed by atoms with Gasteiger partial charge in [-0.1, -0.05) is 95.6 Å². The Labute approximate surface area is 549 Å². The number of hydrogen-bond donors (Lipinski definition) is 11. The number of fused-ring (bicyclic) bond motifs is 7. The Morgan fingerprint density at radius 3 is 1.49 bits per heavy atom. The van der Waals surface area contributed by atoms with E-state index in [9.17, 15) is 68.7 Å². The maximum absolute atomic E-state index is 15.5. The average molecular weight is 1330 g/mol. The maximum Gasteiger partial charge on any atom is 0.328 e. The van der Waals surface area contributed by atoms with Crippen LogP contribution in [0.4, 0.5) is 0 Å². The fraction of sp³-hybridized carbons (Fsp3) is 0.818. The van der Waals surface area contributed by atoms with E-state index >= 15 is 4.79 Å². The van der Waals surface area contributed by atoms with E-state index in [0.29, 0.717) is 38.5 Å². The van der Waals surface area contributed by atoms with Gasteiger partial charge in [-0.3, -0.25) is 33.6 Å². The van der Waals surface area contributed by atoms with E-state index in [2.05, 4.69) is 59.6 Å². The van der Waals surface area contributed by atoms with Gasteiger partial charge in [0.1, 0.15) is 54.7 Å². The van der Waals surface area contributed by atoms with E-state index in [-0.39, 0.29) is 47.8 Å². The zero-order chi connectivity index (χ0) is 70.3. The molecule has 0 radical (unpaired) electrons. The van der Waals surface area contributed by atoms with Crippen molar-refractivity contribution in [3.8, 4) is 0 Å². The number of amides is 6. The zero-order valence-corrected chi connectivity index (χ0v) is 57.3. The molecule has 7 rings (SSSR count). The summed E-state index contributed by atoms with van der Waals surface area (Å²) >= 11 is 0. The van der Waals surface area contributed by atoms with Crippen LogP contribution >= 0.6 is 0 Å². The van der Waals surface area contributed by atoms with Gasteiger partial charge in [0, 0.05) is 11.3 Å². The van der Waals surface area contributed by atoms with Crippen molar-refractivity contribution in [3.63, 3.8) is 0 Å². The van der Waals surface area contributed by atoms with E-state index < -0.39 is 191 Å². The van der Waals surface area contributed by atoms with Gasteiger partial charge >= 0.3 is 17.9 Å². The predicted octanol–water partition coefficient (Wildman–Crippen LogP) is 0.282. The minimum absolute atomic E-state index is 0.0130. The Balaban J connectivity index is 1.14. The fourth-order valence-corrected chi connectivity index (χ4v) is 16.9. The molecule has 28 heteroatoms. The standard InChI is InChI=1S/C66H104N6O22/c1-30(2)41(55(84)88-14)70-38(74)27-67-53(82)49-45(78)44(77)48(81)58(92-49)94-51-47(80)46(79)50(54(83)68-28-39(75)71-42(31(3)4)56(85)89-15)93-59(51)91-37-18-19-64(11)36(61(37,7)8)17-20-66(13)52(64)35(73)25-33-34-26-63(10,22-21-62(34,9)23-24-65(33,66)12)60(87)69-29-40(76)72-43(32(5)6)57(86)90-16/h25,30-32,34,36-37,41-52,58-59,77-81H,17-24,26-29H2,1-16H3,(H,67,82)(H,68,83)(H,69,87)(H,70,74)(H,71,75)(H,72,76)/t34?,36?,37?,41?,42?,43?,44-,45-,46-,47-,48+,49-,50-,51+,52?,58-,59+,62+,63-,64-,65+,66+/m0/s1. The van der Waals surface area contributed by atoms with E-state index in [1.54, 1.807) is 41.5 Å². The number of aliphatic hydroxyl groups excluding tert-OH is 5. The molecule has 5 aliphatic carbocycles. The number of rotatable bonds is 22. The average Bonchev–Trinajstić information content (AvgIpc) is 0.673. The van der Waals surface area contributed by atoms with Gasteiger partial charge in [0.2, 0.25) is 23.6 Å². The Hall–Kier alpha value is -5.72. The third kappa shape index (κ3) is 14.6. The van der Waals surface area contributed by atoms with Crippen LogP contribution in [0.15, 0.2) is 11.6 Å². The summed E-state index contributed by atoms with van der Waals surface area (Å²) in [5.41, 5.74) is -2.62. The highest BCUT2D eigenvalue weighted by Crippen LogP contribution is 2.75. The lowest BCUT2D eigenvalue weighted by Crippen LogP contribution is -2.68. The van der Waals surface area contributed by atoms with Gasteiger partial charge in [0.15, 0.2) is 30.6 Å². The highest BCUT2D eigenvalue weighted by atomic mass is 16.8. The summed E-state index contributed by atoms with van der Waals surface area (Å²) in [6.45, 7) is 23.2. The Morgan fingerprint density at radius 1 is 0.553 bits per heavy atom. The number of methoxy groups -OCH3 is 3. The van der Waals surface area contributed by atoms with Crippen molar-refractivity contribution in [3.05, 3.63) is 11.6 Å². The van der Waals surface area contributed by atoms with E-state index in [0.717, 1.165) is 32.6 Å². The molecule has 530 valence electrons. The second-order valence-corrected chi connectivity index (χ2v) is 30.2. The molecule has 0 aromatic rings. The number of ketones is 1. The SMILES string of the molecule is COC(=O)C(NC(=O)CNC(=O)[C@H]1O[C@@H](O[C@H]2[C@H](OC3CC[C@@]4(C)C(CC[C@]5(C)C4C(=O)C=C4C6C[C@@](C)(C(=O)NCC(=O)NC(C(=O)OC)C(C)C)CC[C@]6(C)CC[C@]45C)C3(C)C)O[C@H](C(=O)NCC(=O)NC(C(=O)OC)C(C)C)[C@@H](O)[C@@H]2O)[C@H](O)[C@@H](O)[C@@H]1O)C(C)C. The molecule has 7 unspecified atom stereocenters. The molecule has 2 saturated heterocycles. The van der Waals surface area contributed by atoms with Gasteiger partial charge in [-0.05, 0) is 121 Å². The zero-order valence-electron chi connectivity index (χ0n) is 57.3. The maximum atomic E-state index is 15.5. The molecule has 6 amide bonds. The normalized spacial score (nSPS) is 37.7. The van der Waals surface area contributed by atoms with E-state index in [1.807, 2.05) is 26.8 Å². The van der Waals surface area contributed by atoms with Crippen LogP contribution in [0.25, 0.3) is 0 Å². The number of allylic oxidation sites excluding steroid dienone is 2. The van der Waals surface area contributed by atoms with Crippen LogP contribution < -0.4 is 31.9 Å². The van der Waals surface area contributed by atoms with Crippen molar-refractivity contribution in [2.45, 2.75) is 233 Å². The number of ether oxygens (including phenoxy) is 7. The lowest BCUT2D eigenvalue weighted by molar-refractivity contribution is -0.369. The third-order valence-electron chi connectivity index (χ3n) is 22.9. The Morgan fingerprint density at radius 2 is 1.01 bits per heavy atom. The van der Waals surface area contributed by atoms with Crippen LogP contribution in [0.1, 0.15) is 148 Å². The molecule has 6 fully saturated rings. The minimum Gasteiger partial charge on any atom is -0.467 e. The molecule has 0 aromatic heterocycles. The van der Waals surface area contributed by atoms with Gasteiger partial charge in [-0.15, -0.1) is 0 Å². The van der Waals surface area contributed by atoms with Crippen molar-refractivity contribution in [2.24, 2.45) is 68.0 Å². The van der Waals surface area contributed by atoms with E-state index in [1.165, 1.54) is 7.11 Å². The molecular weight excluding hydrogens is 1230 g/mol. The number of carbonyl (C=O) groups excluding carboxylic acids is 10. The highest BCUT2D eigenvalue weighted by molar-refractivity contribution is 5.96. The van der Waals surface area contributed by atoms with Crippen molar-refractivity contribution in [2.75, 3.05) is 41.0 Å². The minimum atomic E-state index is -2.17. The fourth-order valence-electron chi connectivity index (χ4n) is 16.9. The van der Waals surface area contributed by atoms with Crippen LogP contribution in [0, 0.1) is 68.0 Å². The molecule has 0 bridgehead atoms. The number of esters is 3. The number of hydrogen-bond acceptors (Lipinski definition) is 22. The second-order valence-electron chi connectivity index (χ2n) is 30.2. The first-order valence-electron chi connectivity index (χ1n) is 33.0. The van der Waals surface area contributed by atoms with Crippen molar-refractivity contribution in [1.29, 1.82) is 0 Å². The quantitative estimate of drug-likeness (QED) is 0.0394. The summed E-state index contributed by atoms with van der Waals surface area (Å²) in [4.78, 5) is 134. The van der Waals surface area contributed by atoms with Crippen LogP contribution in [0.3, 0.4) is 0 Å². The number of nitrogens with one attached hydrogen (secondary N) is 6. The lowest BCUT2D eigenvalue weighted by atomic mass is 9.33. The highest BCUT2D eigenvalue weighted by Gasteiger charge is 2.71. The summed E-state index contributed by atoms with van der Waals surface area (Å²) in [6.07, 6.45) is -14.3. The van der Waals surface area contributed by atoms with Crippen LogP contribution in [-0.2, 0) is 81.1 Å². The van der Waals surface area contributed by atoms with Crippen LogP contribution in [0.5, 0.6) is 0 Å². The number of aliphatic hydroxyl groups is 5.